The minimum Gasteiger partial charge on any atom is -0.0619 e. The van der Waals surface area contributed by atoms with E-state index in [4.69, 9.17) is 0 Å². The third-order valence-electron chi connectivity index (χ3n) is 7.54. The molecule has 10 atom stereocenters. The van der Waals surface area contributed by atoms with Gasteiger partial charge in [-0.2, -0.15) is 0 Å². The Balaban J connectivity index is 1.32. The number of hydrogen-bond acceptors (Lipinski definition) is 0. The van der Waals surface area contributed by atoms with Crippen LogP contribution in [0.3, 0.4) is 0 Å². The molecule has 0 N–H and O–H groups in total. The topological polar surface area (TPSA) is 0 Å². The van der Waals surface area contributed by atoms with Crippen LogP contribution in [0.1, 0.15) is 33.1 Å². The van der Waals surface area contributed by atoms with Crippen molar-refractivity contribution in [2.24, 2.45) is 59.2 Å². The SMILES string of the molecule is C[C@H]1[C@H]2C[C@H]3[C@@H]([C@@H]4C[C@@H]5[C@H](C)[C@@H]54)C[C@H]3[C@H]12. The standard InChI is InChI=1S/C15H22/c1-6-8-3-10-11(5-13(10)14(6)8)12-4-9-7(2)15(9)12/h6-15H,3-5H2,1-2H3/t6-,7-,8+,9+,10-,11-,12-,13+,14+,15-/m0/s1. The summed E-state index contributed by atoms with van der Waals surface area (Å²) in [7, 11) is 0. The molecule has 5 rings (SSSR count). The fraction of sp³-hybridized carbons (Fsp3) is 1.00. The van der Waals surface area contributed by atoms with Gasteiger partial charge < -0.3 is 0 Å². The Morgan fingerprint density at radius 3 is 1.33 bits per heavy atom. The van der Waals surface area contributed by atoms with E-state index in [1.165, 1.54) is 47.3 Å². The van der Waals surface area contributed by atoms with Gasteiger partial charge in [0.15, 0.2) is 0 Å². The van der Waals surface area contributed by atoms with Gasteiger partial charge in [-0.05, 0) is 78.4 Å². The summed E-state index contributed by atoms with van der Waals surface area (Å²) in [4.78, 5) is 0. The van der Waals surface area contributed by atoms with Gasteiger partial charge in [-0.15, -0.1) is 0 Å². The molecule has 0 aliphatic heterocycles. The molecule has 0 bridgehead atoms. The molecular weight excluding hydrogens is 180 g/mol. The normalized spacial score (nSPS) is 77.2. The molecule has 0 saturated heterocycles. The summed E-state index contributed by atoms with van der Waals surface area (Å²) < 4.78 is 0. The lowest BCUT2D eigenvalue weighted by Gasteiger charge is -2.50. The zero-order valence-corrected chi connectivity index (χ0v) is 9.89. The molecule has 0 amide bonds. The second-order valence-corrected chi connectivity index (χ2v) is 7.56. The van der Waals surface area contributed by atoms with E-state index in [1.54, 1.807) is 19.3 Å². The predicted molar refractivity (Wildman–Crippen MR) is 60.1 cm³/mol. The third kappa shape index (κ3) is 0.746. The second-order valence-electron chi connectivity index (χ2n) is 7.56. The maximum absolute atomic E-state index is 2.50. The van der Waals surface area contributed by atoms with Gasteiger partial charge in [0.2, 0.25) is 0 Å². The van der Waals surface area contributed by atoms with Gasteiger partial charge in [-0.3, -0.25) is 0 Å². The summed E-state index contributed by atoms with van der Waals surface area (Å²) >= 11 is 0. The van der Waals surface area contributed by atoms with E-state index >= 15 is 0 Å². The average molecular weight is 202 g/mol. The van der Waals surface area contributed by atoms with Crippen molar-refractivity contribution in [3.63, 3.8) is 0 Å². The van der Waals surface area contributed by atoms with Gasteiger partial charge in [0.1, 0.15) is 0 Å². The number of fused-ring (bicyclic) bond motifs is 4. The van der Waals surface area contributed by atoms with E-state index in [9.17, 15) is 0 Å². The van der Waals surface area contributed by atoms with Crippen molar-refractivity contribution in [1.29, 1.82) is 0 Å². The first-order valence-corrected chi connectivity index (χ1v) is 7.27. The third-order valence-corrected chi connectivity index (χ3v) is 7.54. The van der Waals surface area contributed by atoms with Gasteiger partial charge in [0.25, 0.3) is 0 Å². The molecule has 0 heteroatoms. The van der Waals surface area contributed by atoms with Crippen molar-refractivity contribution >= 4 is 0 Å². The molecule has 82 valence electrons. The Kier molecular flexibility index (Phi) is 1.18. The van der Waals surface area contributed by atoms with Crippen LogP contribution in [-0.2, 0) is 0 Å². The van der Waals surface area contributed by atoms with Crippen molar-refractivity contribution in [1.82, 2.24) is 0 Å². The molecule has 5 aliphatic carbocycles. The van der Waals surface area contributed by atoms with Gasteiger partial charge in [-0.25, -0.2) is 0 Å². The molecule has 0 aromatic heterocycles. The van der Waals surface area contributed by atoms with Crippen LogP contribution >= 0.6 is 0 Å². The highest BCUT2D eigenvalue weighted by atomic mass is 14.7. The van der Waals surface area contributed by atoms with Gasteiger partial charge >= 0.3 is 0 Å². The highest BCUT2D eigenvalue weighted by molar-refractivity contribution is 5.18. The van der Waals surface area contributed by atoms with Crippen LogP contribution in [0.15, 0.2) is 0 Å². The van der Waals surface area contributed by atoms with Crippen molar-refractivity contribution in [3.05, 3.63) is 0 Å². The Labute approximate surface area is 92.8 Å². The van der Waals surface area contributed by atoms with E-state index in [0.717, 1.165) is 11.8 Å². The summed E-state index contributed by atoms with van der Waals surface area (Å²) in [6.45, 7) is 5.00. The van der Waals surface area contributed by atoms with Crippen molar-refractivity contribution in [3.8, 4) is 0 Å². The van der Waals surface area contributed by atoms with E-state index in [1.807, 2.05) is 0 Å². The lowest BCUT2D eigenvalue weighted by Crippen LogP contribution is -2.43. The molecule has 0 nitrogen and oxygen atoms in total. The molecule has 5 aliphatic rings. The van der Waals surface area contributed by atoms with E-state index < -0.39 is 0 Å². The van der Waals surface area contributed by atoms with Crippen LogP contribution in [0.5, 0.6) is 0 Å². The van der Waals surface area contributed by atoms with Crippen LogP contribution < -0.4 is 0 Å². The molecule has 0 heterocycles. The Morgan fingerprint density at radius 2 is 0.933 bits per heavy atom. The molecular formula is C15H22. The van der Waals surface area contributed by atoms with E-state index in [-0.39, 0.29) is 0 Å². The quantitative estimate of drug-likeness (QED) is 0.611. The zero-order chi connectivity index (χ0) is 9.89. The van der Waals surface area contributed by atoms with Crippen molar-refractivity contribution < 1.29 is 0 Å². The summed E-state index contributed by atoms with van der Waals surface area (Å²) in [5.41, 5.74) is 0. The highest BCUT2D eigenvalue weighted by Gasteiger charge is 2.70. The van der Waals surface area contributed by atoms with Crippen molar-refractivity contribution in [2.45, 2.75) is 33.1 Å². The monoisotopic (exact) mass is 202 g/mol. The Bertz CT molecular complexity index is 329. The first kappa shape index (κ1) is 8.14. The summed E-state index contributed by atoms with van der Waals surface area (Å²) in [6, 6.07) is 0. The van der Waals surface area contributed by atoms with Gasteiger partial charge in [0.05, 0.1) is 0 Å². The maximum Gasteiger partial charge on any atom is -0.0323 e. The first-order chi connectivity index (χ1) is 7.27. The lowest BCUT2D eigenvalue weighted by atomic mass is 9.55. The Morgan fingerprint density at radius 1 is 0.533 bits per heavy atom. The first-order valence-electron chi connectivity index (χ1n) is 7.27. The highest BCUT2D eigenvalue weighted by Crippen LogP contribution is 2.76. The molecule has 5 saturated carbocycles. The summed E-state index contributed by atoms with van der Waals surface area (Å²) in [6.07, 6.45) is 4.92. The van der Waals surface area contributed by atoms with E-state index in [2.05, 4.69) is 13.8 Å². The fourth-order valence-corrected chi connectivity index (χ4v) is 6.44. The Hall–Kier alpha value is 0. The van der Waals surface area contributed by atoms with Crippen LogP contribution in [-0.4, -0.2) is 0 Å². The van der Waals surface area contributed by atoms with Crippen LogP contribution in [0.2, 0.25) is 0 Å². The molecule has 0 unspecified atom stereocenters. The predicted octanol–water partition coefficient (Wildman–Crippen LogP) is 3.43. The zero-order valence-electron chi connectivity index (χ0n) is 9.89. The van der Waals surface area contributed by atoms with Crippen molar-refractivity contribution in [2.75, 3.05) is 0 Å². The molecule has 0 aromatic carbocycles. The van der Waals surface area contributed by atoms with Crippen LogP contribution in [0.4, 0.5) is 0 Å². The van der Waals surface area contributed by atoms with E-state index in [0.29, 0.717) is 0 Å². The summed E-state index contributed by atoms with van der Waals surface area (Å²) in [5.74, 6) is 11.9. The smallest absolute Gasteiger partial charge is 0.0323 e. The molecule has 0 radical (unpaired) electrons. The fourth-order valence-electron chi connectivity index (χ4n) is 6.44. The van der Waals surface area contributed by atoms with Crippen LogP contribution in [0.25, 0.3) is 0 Å². The molecule has 5 fully saturated rings. The molecule has 15 heavy (non-hydrogen) atoms. The molecule has 0 aromatic rings. The van der Waals surface area contributed by atoms with Gasteiger partial charge in [-0.1, -0.05) is 13.8 Å². The second kappa shape index (κ2) is 2.17. The number of hydrogen-bond donors (Lipinski definition) is 0. The lowest BCUT2D eigenvalue weighted by molar-refractivity contribution is -0.0140. The average Bonchev–Trinajstić information content (AvgIpc) is 2.84. The maximum atomic E-state index is 2.50. The molecule has 0 spiro atoms. The summed E-state index contributed by atoms with van der Waals surface area (Å²) in [5, 5.41) is 0. The largest absolute Gasteiger partial charge is 0.0619 e. The minimum atomic E-state index is 1.13. The number of rotatable bonds is 1. The van der Waals surface area contributed by atoms with Gasteiger partial charge in [0, 0.05) is 0 Å². The minimum absolute atomic E-state index is 1.13. The van der Waals surface area contributed by atoms with Crippen LogP contribution in [0, 0.1) is 59.2 Å².